The average Bonchev–Trinajstić information content (AvgIpc) is 2.58. The van der Waals surface area contributed by atoms with Gasteiger partial charge in [0.05, 0.1) is 14.1 Å². The monoisotopic (exact) mass is 382 g/mol. The molecule has 0 aromatic rings. The molecule has 0 atom stereocenters. The highest BCUT2D eigenvalue weighted by atomic mass is 15.5. The van der Waals surface area contributed by atoms with E-state index in [4.69, 9.17) is 45.5 Å². The van der Waals surface area contributed by atoms with Crippen LogP contribution in [0.5, 0.6) is 0 Å². The number of rotatable bonds is 4. The van der Waals surface area contributed by atoms with Crippen molar-refractivity contribution in [3.63, 3.8) is 0 Å². The minimum Gasteiger partial charge on any atom is -0.331 e. The van der Waals surface area contributed by atoms with Crippen LogP contribution in [0.3, 0.4) is 0 Å². The van der Waals surface area contributed by atoms with E-state index in [2.05, 4.69) is 20.3 Å². The van der Waals surface area contributed by atoms with E-state index in [1.807, 2.05) is 27.7 Å². The third kappa shape index (κ3) is 152. The van der Waals surface area contributed by atoms with Crippen molar-refractivity contribution < 1.29 is 0 Å². The zero-order valence-corrected chi connectivity index (χ0v) is 17.3. The van der Waals surface area contributed by atoms with Gasteiger partial charge >= 0.3 is 0 Å². The van der Waals surface area contributed by atoms with Crippen molar-refractivity contribution in [1.82, 2.24) is 10.0 Å². The Kier molecular flexibility index (Phi) is 85.6. The van der Waals surface area contributed by atoms with Gasteiger partial charge in [-0.15, -0.1) is 11.1 Å². The van der Waals surface area contributed by atoms with Crippen LogP contribution >= 0.6 is 0 Å². The van der Waals surface area contributed by atoms with E-state index in [1.54, 1.807) is 14.1 Å². The molecule has 12 N–H and O–H groups in total. The Balaban J connectivity index is -0.0000000490. The molecule has 0 amide bonds. The molecule has 0 aliphatic rings. The van der Waals surface area contributed by atoms with Crippen LogP contribution in [0.1, 0.15) is 27.7 Å². The minimum atomic E-state index is 0.254. The van der Waals surface area contributed by atoms with Crippen molar-refractivity contribution in [2.24, 2.45) is 44.8 Å². The Bertz CT molecular complexity index is 243. The van der Waals surface area contributed by atoms with Crippen LogP contribution in [0, 0.1) is 0 Å². The van der Waals surface area contributed by atoms with Crippen molar-refractivity contribution in [1.29, 1.82) is 0 Å². The van der Waals surface area contributed by atoms with E-state index in [0.29, 0.717) is 0 Å². The van der Waals surface area contributed by atoms with Gasteiger partial charge in [-0.3, -0.25) is 11.5 Å². The maximum atomic E-state index is 7.73. The summed E-state index contributed by atoms with van der Waals surface area (Å²) in [5.41, 5.74) is 44.9. The van der Waals surface area contributed by atoms with E-state index in [-0.39, 0.29) is 13.3 Å². The van der Waals surface area contributed by atoms with Crippen molar-refractivity contribution in [3.8, 4) is 0 Å². The Morgan fingerprint density at radius 3 is 0.808 bits per heavy atom. The number of nitrogens with two attached hydrogens (primary N) is 6. The second-order valence-corrected chi connectivity index (χ2v) is 3.67. The van der Waals surface area contributed by atoms with Gasteiger partial charge in [-0.05, 0) is 36.6 Å². The normalized spacial score (nSPS) is 6.62. The summed E-state index contributed by atoms with van der Waals surface area (Å²) in [6.07, 6.45) is 0. The van der Waals surface area contributed by atoms with Crippen molar-refractivity contribution in [2.75, 3.05) is 53.6 Å². The molecule has 0 heterocycles. The van der Waals surface area contributed by atoms with Crippen LogP contribution in [-0.2, 0) is 0 Å². The summed E-state index contributed by atoms with van der Waals surface area (Å²) >= 11 is 0. The first-order chi connectivity index (χ1) is 12.3. The van der Waals surface area contributed by atoms with Gasteiger partial charge in [0.2, 0.25) is 0 Å². The lowest BCUT2D eigenvalue weighted by Gasteiger charge is -1.98. The summed E-state index contributed by atoms with van der Waals surface area (Å²) in [5, 5.41) is 8.85. The molecule has 0 unspecified atom stereocenters. The van der Waals surface area contributed by atoms with Gasteiger partial charge in [-0.2, -0.15) is 9.82 Å². The fourth-order valence-corrected chi connectivity index (χ4v) is 0.210. The van der Waals surface area contributed by atoms with Crippen LogP contribution in [0.2, 0.25) is 0 Å². The standard InChI is InChI=1S/2C2H7N5.4C2H7N/c2*1-7(2-3)6-5-4;4*1-2-3/h2*2-3H2,1H3;4*2-3H2,1H3. The van der Waals surface area contributed by atoms with Gasteiger partial charge in [0.25, 0.3) is 0 Å². The Hall–Kier alpha value is -2.02. The number of nitrogens with zero attached hydrogens (tertiary/aromatic N) is 8. The third-order valence-corrected chi connectivity index (χ3v) is 0.914. The van der Waals surface area contributed by atoms with Crippen LogP contribution in [0.15, 0.2) is 10.4 Å². The summed E-state index contributed by atoms with van der Waals surface area (Å²) < 4.78 is 0. The molecular formula is C12H42N14. The summed E-state index contributed by atoms with van der Waals surface area (Å²) in [7, 11) is 3.19. The molecule has 0 aromatic carbocycles. The lowest BCUT2D eigenvalue weighted by molar-refractivity contribution is 0.359. The van der Waals surface area contributed by atoms with E-state index < -0.39 is 0 Å². The van der Waals surface area contributed by atoms with Crippen molar-refractivity contribution in [2.45, 2.75) is 27.7 Å². The molecule has 160 valence electrons. The molecule has 0 rings (SSSR count). The molecule has 14 heteroatoms. The van der Waals surface area contributed by atoms with Gasteiger partial charge < -0.3 is 22.9 Å². The zero-order valence-electron chi connectivity index (χ0n) is 17.3. The van der Waals surface area contributed by atoms with Gasteiger partial charge in [0.1, 0.15) is 13.3 Å². The number of azide groups is 2. The van der Waals surface area contributed by atoms with E-state index in [1.165, 1.54) is 10.0 Å². The summed E-state index contributed by atoms with van der Waals surface area (Å²) in [4.78, 5) is 4.95. The molecule has 0 spiro atoms. The molecule has 0 fully saturated rings. The average molecular weight is 383 g/mol. The van der Waals surface area contributed by atoms with Crippen molar-refractivity contribution in [3.05, 3.63) is 20.9 Å². The minimum absolute atomic E-state index is 0.254. The predicted octanol–water partition coefficient (Wildman–Crippen LogP) is -0.0206. The van der Waals surface area contributed by atoms with Gasteiger partial charge in [-0.25, -0.2) is 10.0 Å². The van der Waals surface area contributed by atoms with Gasteiger partial charge in [0, 0.05) is 0 Å². The SMILES string of the molecule is CCN.CCN.CCN.CCN.CN(CN)N=[N+]=[N-].CN(CN)N=[N+]=[N-]. The highest BCUT2D eigenvalue weighted by Crippen LogP contribution is 1.75. The molecule has 0 saturated heterocycles. The zero-order chi connectivity index (χ0) is 22.2. The summed E-state index contributed by atoms with van der Waals surface area (Å²) in [6.45, 7) is 11.1. The van der Waals surface area contributed by atoms with E-state index in [0.717, 1.165) is 26.2 Å². The highest BCUT2D eigenvalue weighted by Gasteiger charge is 1.82. The number of hydrogen-bond donors (Lipinski definition) is 6. The Morgan fingerprint density at radius 2 is 0.769 bits per heavy atom. The van der Waals surface area contributed by atoms with Crippen LogP contribution < -0.4 is 34.4 Å². The fourth-order valence-electron chi connectivity index (χ4n) is 0.210. The van der Waals surface area contributed by atoms with Crippen LogP contribution in [0.4, 0.5) is 0 Å². The molecule has 0 aliphatic carbocycles. The number of hydrogen-bond acceptors (Lipinski definition) is 8. The predicted molar refractivity (Wildman–Crippen MR) is 111 cm³/mol. The first-order valence-corrected chi connectivity index (χ1v) is 8.00. The molecule has 0 aliphatic heterocycles. The molecular weight excluding hydrogens is 340 g/mol. The maximum absolute atomic E-state index is 7.73. The summed E-state index contributed by atoms with van der Waals surface area (Å²) in [5.74, 6) is 0. The van der Waals surface area contributed by atoms with E-state index in [9.17, 15) is 0 Å². The second-order valence-electron chi connectivity index (χ2n) is 3.67. The van der Waals surface area contributed by atoms with Gasteiger partial charge in [-0.1, -0.05) is 27.7 Å². The second kappa shape index (κ2) is 56.8. The topological polar surface area (TPSA) is 260 Å². The first-order valence-electron chi connectivity index (χ1n) is 8.00. The van der Waals surface area contributed by atoms with Crippen molar-refractivity contribution >= 4 is 0 Å². The third-order valence-electron chi connectivity index (χ3n) is 0.914. The molecule has 0 aromatic heterocycles. The lowest BCUT2D eigenvalue weighted by Crippen LogP contribution is -2.18. The van der Waals surface area contributed by atoms with Crippen LogP contribution in [0.25, 0.3) is 20.9 Å². The Morgan fingerprint density at radius 1 is 0.615 bits per heavy atom. The smallest absolute Gasteiger partial charge is 0.138 e. The molecule has 0 radical (unpaired) electrons. The first kappa shape index (κ1) is 39.2. The maximum Gasteiger partial charge on any atom is 0.138 e. The molecule has 14 nitrogen and oxygen atoms in total. The molecule has 0 saturated carbocycles. The van der Waals surface area contributed by atoms with Crippen LogP contribution in [-0.4, -0.2) is 63.6 Å². The Labute approximate surface area is 158 Å². The lowest BCUT2D eigenvalue weighted by atomic mass is 10.8. The molecule has 26 heavy (non-hydrogen) atoms. The molecule has 0 bridgehead atoms. The van der Waals surface area contributed by atoms with Gasteiger partial charge in [0.15, 0.2) is 0 Å². The summed E-state index contributed by atoms with van der Waals surface area (Å²) in [6, 6.07) is 0. The van der Waals surface area contributed by atoms with E-state index >= 15 is 0 Å². The largest absolute Gasteiger partial charge is 0.331 e. The highest BCUT2D eigenvalue weighted by molar-refractivity contribution is 4.38. The quantitative estimate of drug-likeness (QED) is 0.126. The fraction of sp³-hybridized carbons (Fsp3) is 1.00.